The Morgan fingerprint density at radius 1 is 1.26 bits per heavy atom. The van der Waals surface area contributed by atoms with Crippen LogP contribution in [0.4, 0.5) is 16.3 Å². The van der Waals surface area contributed by atoms with Gasteiger partial charge in [-0.05, 0) is 30.5 Å². The fourth-order valence-electron chi connectivity index (χ4n) is 1.70. The van der Waals surface area contributed by atoms with Gasteiger partial charge in [0.25, 0.3) is 0 Å². The van der Waals surface area contributed by atoms with Crippen molar-refractivity contribution in [1.29, 1.82) is 0 Å². The largest absolute Gasteiger partial charge is 0.324 e. The summed E-state index contributed by atoms with van der Waals surface area (Å²) in [7, 11) is 0. The summed E-state index contributed by atoms with van der Waals surface area (Å²) in [4.78, 5) is 11.8. The molecular formula is C14H18N4O. The zero-order chi connectivity index (χ0) is 13.8. The summed E-state index contributed by atoms with van der Waals surface area (Å²) in [6, 6.07) is 9.16. The van der Waals surface area contributed by atoms with Gasteiger partial charge < -0.3 is 5.32 Å². The van der Waals surface area contributed by atoms with E-state index in [4.69, 9.17) is 0 Å². The number of hydrogen-bond acceptors (Lipinski definition) is 2. The second kappa shape index (κ2) is 5.56. The first-order chi connectivity index (χ1) is 9.04. The lowest BCUT2D eigenvalue weighted by atomic mass is 10.1. The minimum Gasteiger partial charge on any atom is -0.308 e. The first-order valence-corrected chi connectivity index (χ1v) is 6.24. The minimum absolute atomic E-state index is 0.299. The predicted octanol–water partition coefficient (Wildman–Crippen LogP) is 3.49. The number of nitrogens with zero attached hydrogens (tertiary/aromatic N) is 1. The third-order valence-electron chi connectivity index (χ3n) is 2.74. The summed E-state index contributed by atoms with van der Waals surface area (Å²) in [5.41, 5.74) is 2.85. The van der Waals surface area contributed by atoms with Crippen molar-refractivity contribution in [2.75, 3.05) is 10.6 Å². The Balaban J connectivity index is 1.97. The first kappa shape index (κ1) is 13.1. The molecule has 2 aromatic rings. The molecule has 1 heterocycles. The van der Waals surface area contributed by atoms with Crippen LogP contribution < -0.4 is 10.6 Å². The number of urea groups is 1. The minimum atomic E-state index is -0.299. The fraction of sp³-hybridized carbons (Fsp3) is 0.286. The normalized spacial score (nSPS) is 10.5. The van der Waals surface area contributed by atoms with Gasteiger partial charge in [0, 0.05) is 17.4 Å². The van der Waals surface area contributed by atoms with E-state index in [2.05, 4.69) is 34.7 Å². The molecule has 0 saturated carbocycles. The van der Waals surface area contributed by atoms with Crippen LogP contribution >= 0.6 is 0 Å². The predicted molar refractivity (Wildman–Crippen MR) is 76.5 cm³/mol. The lowest BCUT2D eigenvalue weighted by molar-refractivity contribution is 0.262. The van der Waals surface area contributed by atoms with Gasteiger partial charge in [0.15, 0.2) is 5.82 Å². The highest BCUT2D eigenvalue weighted by Gasteiger charge is 2.08. The second-order valence-electron chi connectivity index (χ2n) is 4.81. The molecular weight excluding hydrogens is 240 g/mol. The van der Waals surface area contributed by atoms with E-state index in [1.54, 1.807) is 0 Å². The van der Waals surface area contributed by atoms with Crippen molar-refractivity contribution in [3.63, 3.8) is 0 Å². The van der Waals surface area contributed by atoms with Crippen LogP contribution in [-0.2, 0) is 0 Å². The molecule has 0 radical (unpaired) electrons. The van der Waals surface area contributed by atoms with Gasteiger partial charge in [0.2, 0.25) is 0 Å². The van der Waals surface area contributed by atoms with Crippen LogP contribution in [-0.4, -0.2) is 16.2 Å². The number of aryl methyl sites for hydroxylation is 1. The van der Waals surface area contributed by atoms with Crippen LogP contribution in [0.25, 0.3) is 0 Å². The molecule has 2 rings (SSSR count). The molecule has 0 unspecified atom stereocenters. The molecule has 0 atom stereocenters. The van der Waals surface area contributed by atoms with Crippen LogP contribution in [0, 0.1) is 6.92 Å². The Morgan fingerprint density at radius 2 is 2.05 bits per heavy atom. The van der Waals surface area contributed by atoms with Crippen molar-refractivity contribution in [2.24, 2.45) is 0 Å². The second-order valence-corrected chi connectivity index (χ2v) is 4.81. The summed E-state index contributed by atoms with van der Waals surface area (Å²) in [6.07, 6.45) is 0. The number of amides is 2. The summed E-state index contributed by atoms with van der Waals surface area (Å²) in [5, 5.41) is 12.4. The van der Waals surface area contributed by atoms with Crippen LogP contribution in [0.2, 0.25) is 0 Å². The van der Waals surface area contributed by atoms with E-state index in [1.165, 1.54) is 0 Å². The summed E-state index contributed by atoms with van der Waals surface area (Å²) < 4.78 is 0. The molecule has 2 amide bonds. The highest BCUT2D eigenvalue weighted by molar-refractivity contribution is 5.99. The van der Waals surface area contributed by atoms with E-state index in [9.17, 15) is 4.79 Å². The quantitative estimate of drug-likeness (QED) is 0.788. The van der Waals surface area contributed by atoms with Crippen molar-refractivity contribution in [2.45, 2.75) is 26.7 Å². The number of carbonyl (C=O) groups excluding carboxylic acids is 1. The van der Waals surface area contributed by atoms with Crippen LogP contribution in [0.15, 0.2) is 30.3 Å². The molecule has 0 fully saturated rings. The number of rotatable bonds is 3. The lowest BCUT2D eigenvalue weighted by Crippen LogP contribution is -2.19. The van der Waals surface area contributed by atoms with Gasteiger partial charge >= 0.3 is 6.03 Å². The molecule has 0 saturated heterocycles. The lowest BCUT2D eigenvalue weighted by Gasteiger charge is -2.05. The van der Waals surface area contributed by atoms with Crippen molar-refractivity contribution in [3.05, 3.63) is 41.6 Å². The summed E-state index contributed by atoms with van der Waals surface area (Å²) >= 11 is 0. The molecule has 19 heavy (non-hydrogen) atoms. The average Bonchev–Trinajstić information content (AvgIpc) is 2.77. The number of benzene rings is 1. The molecule has 0 aliphatic heterocycles. The van der Waals surface area contributed by atoms with E-state index >= 15 is 0 Å². The fourth-order valence-corrected chi connectivity index (χ4v) is 1.70. The van der Waals surface area contributed by atoms with Gasteiger partial charge in [-0.1, -0.05) is 26.0 Å². The third kappa shape index (κ3) is 3.58. The molecule has 0 spiro atoms. The number of nitrogens with one attached hydrogen (secondary N) is 3. The standard InChI is InChI=1S/C14H18N4O/c1-9(2)12-8-13(18-17-12)16-14(19)15-11-6-4-5-10(3)7-11/h4-9H,1-3H3,(H3,15,16,17,18,19). The van der Waals surface area contributed by atoms with Gasteiger partial charge in [-0.2, -0.15) is 5.10 Å². The molecule has 1 aromatic carbocycles. The van der Waals surface area contributed by atoms with Crippen molar-refractivity contribution < 1.29 is 4.79 Å². The number of aromatic amines is 1. The molecule has 3 N–H and O–H groups in total. The zero-order valence-electron chi connectivity index (χ0n) is 11.3. The number of aromatic nitrogens is 2. The van der Waals surface area contributed by atoms with Gasteiger partial charge in [0.05, 0.1) is 0 Å². The van der Waals surface area contributed by atoms with Crippen LogP contribution in [0.3, 0.4) is 0 Å². The van der Waals surface area contributed by atoms with Gasteiger partial charge in [-0.15, -0.1) is 0 Å². The number of anilines is 2. The maximum atomic E-state index is 11.8. The van der Waals surface area contributed by atoms with Crippen molar-refractivity contribution >= 4 is 17.5 Å². The molecule has 5 heteroatoms. The molecule has 100 valence electrons. The highest BCUT2D eigenvalue weighted by atomic mass is 16.2. The SMILES string of the molecule is Cc1cccc(NC(=O)Nc2cc(C(C)C)[nH]n2)c1. The molecule has 0 aliphatic carbocycles. The number of hydrogen-bond donors (Lipinski definition) is 3. The Hall–Kier alpha value is -2.30. The van der Waals surface area contributed by atoms with Crippen molar-refractivity contribution in [1.82, 2.24) is 10.2 Å². The number of carbonyl (C=O) groups is 1. The van der Waals surface area contributed by atoms with E-state index in [1.807, 2.05) is 37.3 Å². The number of H-pyrrole nitrogens is 1. The van der Waals surface area contributed by atoms with E-state index in [0.29, 0.717) is 11.7 Å². The Kier molecular flexibility index (Phi) is 3.85. The smallest absolute Gasteiger partial charge is 0.308 e. The summed E-state index contributed by atoms with van der Waals surface area (Å²) in [5.74, 6) is 0.872. The maximum Gasteiger partial charge on any atom is 0.324 e. The van der Waals surface area contributed by atoms with E-state index in [0.717, 1.165) is 16.9 Å². The zero-order valence-corrected chi connectivity index (χ0v) is 11.3. The van der Waals surface area contributed by atoms with E-state index in [-0.39, 0.29) is 6.03 Å². The van der Waals surface area contributed by atoms with Crippen molar-refractivity contribution in [3.8, 4) is 0 Å². The Bertz CT molecular complexity index is 574. The third-order valence-corrected chi connectivity index (χ3v) is 2.74. The van der Waals surface area contributed by atoms with E-state index < -0.39 is 0 Å². The molecule has 0 aliphatic rings. The monoisotopic (exact) mass is 258 g/mol. The van der Waals surface area contributed by atoms with Crippen LogP contribution in [0.5, 0.6) is 0 Å². The van der Waals surface area contributed by atoms with Gasteiger partial charge in [0.1, 0.15) is 0 Å². The van der Waals surface area contributed by atoms with Gasteiger partial charge in [-0.25, -0.2) is 4.79 Å². The molecule has 1 aromatic heterocycles. The Morgan fingerprint density at radius 3 is 2.68 bits per heavy atom. The maximum absolute atomic E-state index is 11.8. The Labute approximate surface area is 112 Å². The molecule has 0 bridgehead atoms. The van der Waals surface area contributed by atoms with Crippen LogP contribution in [0.1, 0.15) is 31.0 Å². The first-order valence-electron chi connectivity index (χ1n) is 6.24. The highest BCUT2D eigenvalue weighted by Crippen LogP contribution is 2.15. The average molecular weight is 258 g/mol. The van der Waals surface area contributed by atoms with Gasteiger partial charge in [-0.3, -0.25) is 10.4 Å². The topological polar surface area (TPSA) is 69.8 Å². The summed E-state index contributed by atoms with van der Waals surface area (Å²) in [6.45, 7) is 6.10. The molecule has 5 nitrogen and oxygen atoms in total.